The van der Waals surface area contributed by atoms with E-state index in [-0.39, 0.29) is 11.6 Å². The van der Waals surface area contributed by atoms with E-state index in [1.807, 2.05) is 6.07 Å². The highest BCUT2D eigenvalue weighted by Crippen LogP contribution is 2.20. The Morgan fingerprint density at radius 1 is 1.26 bits per heavy atom. The van der Waals surface area contributed by atoms with Gasteiger partial charge >= 0.3 is 0 Å². The molecular formula is C15H12F2N4O2. The van der Waals surface area contributed by atoms with Crippen molar-refractivity contribution in [2.24, 2.45) is 0 Å². The number of benzene rings is 1. The van der Waals surface area contributed by atoms with Crippen molar-refractivity contribution in [2.45, 2.75) is 6.43 Å². The van der Waals surface area contributed by atoms with E-state index in [1.54, 1.807) is 12.1 Å². The zero-order chi connectivity index (χ0) is 16.2. The van der Waals surface area contributed by atoms with Gasteiger partial charge in [-0.1, -0.05) is 12.1 Å². The van der Waals surface area contributed by atoms with Gasteiger partial charge in [-0.15, -0.1) is 0 Å². The quantitative estimate of drug-likeness (QED) is 0.758. The maximum Gasteiger partial charge on any atom is 0.274 e. The first-order valence-electron chi connectivity index (χ1n) is 6.75. The molecule has 0 spiro atoms. The minimum atomic E-state index is -2.61. The summed E-state index contributed by atoms with van der Waals surface area (Å²) in [6.45, 7) is -0.773. The number of alkyl halides is 2. The molecule has 2 N–H and O–H groups in total. The molecule has 2 heterocycles. The molecule has 6 nitrogen and oxygen atoms in total. The standard InChI is InChI=1S/C15H12F2N4O2/c16-12(17)7-23-13-6-2-5-11(20-13)15(22)21-10-4-1-3-9-14(10)19-8-18-9/h1-6,8,12H,7H2,(H,18,19)(H,21,22). The monoisotopic (exact) mass is 318 g/mol. The van der Waals surface area contributed by atoms with Crippen molar-refractivity contribution < 1.29 is 18.3 Å². The number of fused-ring (bicyclic) bond motifs is 1. The lowest BCUT2D eigenvalue weighted by Gasteiger charge is -2.08. The number of nitrogens with one attached hydrogen (secondary N) is 2. The topological polar surface area (TPSA) is 79.9 Å². The summed E-state index contributed by atoms with van der Waals surface area (Å²) in [5.74, 6) is -0.515. The van der Waals surface area contributed by atoms with Gasteiger partial charge in [0, 0.05) is 6.07 Å². The minimum Gasteiger partial charge on any atom is -0.472 e. The van der Waals surface area contributed by atoms with Gasteiger partial charge in [0.25, 0.3) is 12.3 Å². The maximum atomic E-state index is 12.3. The van der Waals surface area contributed by atoms with Crippen LogP contribution >= 0.6 is 0 Å². The molecule has 3 rings (SSSR count). The highest BCUT2D eigenvalue weighted by Gasteiger charge is 2.12. The molecule has 0 atom stereocenters. The molecule has 23 heavy (non-hydrogen) atoms. The van der Waals surface area contributed by atoms with E-state index >= 15 is 0 Å². The van der Waals surface area contributed by atoms with E-state index in [0.717, 1.165) is 5.52 Å². The summed E-state index contributed by atoms with van der Waals surface area (Å²) in [4.78, 5) is 23.2. The summed E-state index contributed by atoms with van der Waals surface area (Å²) in [5.41, 5.74) is 1.98. The van der Waals surface area contributed by atoms with Crippen molar-refractivity contribution in [1.29, 1.82) is 0 Å². The Hall–Kier alpha value is -3.03. The van der Waals surface area contributed by atoms with Crippen LogP contribution in [0.4, 0.5) is 14.5 Å². The number of ether oxygens (including phenoxy) is 1. The van der Waals surface area contributed by atoms with Crippen molar-refractivity contribution in [3.63, 3.8) is 0 Å². The first-order valence-corrected chi connectivity index (χ1v) is 6.75. The molecular weight excluding hydrogens is 306 g/mol. The number of amides is 1. The summed E-state index contributed by atoms with van der Waals surface area (Å²) in [5, 5.41) is 2.69. The Kier molecular flexibility index (Phi) is 4.13. The zero-order valence-electron chi connectivity index (χ0n) is 11.8. The SMILES string of the molecule is O=C(Nc1cccc2[nH]cnc12)c1cccc(OCC(F)F)n1. The summed E-state index contributed by atoms with van der Waals surface area (Å²) in [7, 11) is 0. The van der Waals surface area contributed by atoms with Gasteiger partial charge in [-0.2, -0.15) is 0 Å². The van der Waals surface area contributed by atoms with E-state index in [1.165, 1.54) is 24.5 Å². The molecule has 3 aromatic rings. The van der Waals surface area contributed by atoms with E-state index in [0.29, 0.717) is 11.2 Å². The zero-order valence-corrected chi connectivity index (χ0v) is 11.8. The predicted octanol–water partition coefficient (Wildman–Crippen LogP) is 2.85. The Balaban J connectivity index is 1.78. The minimum absolute atomic E-state index is 0.0315. The van der Waals surface area contributed by atoms with Crippen LogP contribution in [0.1, 0.15) is 10.5 Å². The number of aromatic nitrogens is 3. The fourth-order valence-corrected chi connectivity index (χ4v) is 2.02. The predicted molar refractivity (Wildman–Crippen MR) is 79.8 cm³/mol. The number of para-hydroxylation sites is 1. The normalized spacial score (nSPS) is 10.9. The van der Waals surface area contributed by atoms with Crippen LogP contribution in [0, 0.1) is 0 Å². The largest absolute Gasteiger partial charge is 0.472 e. The third-order valence-corrected chi connectivity index (χ3v) is 3.01. The van der Waals surface area contributed by atoms with E-state index in [2.05, 4.69) is 20.3 Å². The first-order chi connectivity index (χ1) is 11.1. The molecule has 0 saturated heterocycles. The van der Waals surface area contributed by atoms with Crippen LogP contribution in [-0.2, 0) is 0 Å². The Bertz CT molecular complexity index is 835. The number of pyridine rings is 1. The summed E-state index contributed by atoms with van der Waals surface area (Å²) >= 11 is 0. The molecule has 0 radical (unpaired) electrons. The molecule has 8 heteroatoms. The number of carbonyl (C=O) groups excluding carboxylic acids is 1. The highest BCUT2D eigenvalue weighted by atomic mass is 19.3. The van der Waals surface area contributed by atoms with Gasteiger partial charge in [0.1, 0.15) is 11.2 Å². The van der Waals surface area contributed by atoms with Gasteiger partial charge in [-0.05, 0) is 18.2 Å². The molecule has 1 amide bonds. The van der Waals surface area contributed by atoms with Crippen LogP contribution in [-0.4, -0.2) is 33.9 Å². The molecule has 0 aliphatic heterocycles. The molecule has 1 aromatic carbocycles. The second kappa shape index (κ2) is 6.39. The smallest absolute Gasteiger partial charge is 0.274 e. The van der Waals surface area contributed by atoms with Crippen LogP contribution in [0.2, 0.25) is 0 Å². The van der Waals surface area contributed by atoms with Crippen LogP contribution in [0.15, 0.2) is 42.7 Å². The van der Waals surface area contributed by atoms with Gasteiger partial charge in [0.15, 0.2) is 6.61 Å². The van der Waals surface area contributed by atoms with Gasteiger partial charge < -0.3 is 15.0 Å². The molecule has 0 saturated carbocycles. The van der Waals surface area contributed by atoms with Gasteiger partial charge in [-0.25, -0.2) is 18.7 Å². The third kappa shape index (κ3) is 3.42. The second-order valence-corrected chi connectivity index (χ2v) is 4.62. The molecule has 0 aliphatic rings. The van der Waals surface area contributed by atoms with Crippen molar-refractivity contribution in [3.8, 4) is 5.88 Å². The van der Waals surface area contributed by atoms with Crippen LogP contribution in [0.5, 0.6) is 5.88 Å². The lowest BCUT2D eigenvalue weighted by Crippen LogP contribution is -2.15. The molecule has 0 bridgehead atoms. The van der Waals surface area contributed by atoms with Crippen LogP contribution < -0.4 is 10.1 Å². The number of imidazole rings is 1. The van der Waals surface area contributed by atoms with Gasteiger partial charge in [-0.3, -0.25) is 4.79 Å². The van der Waals surface area contributed by atoms with Crippen molar-refractivity contribution in [2.75, 3.05) is 11.9 Å². The summed E-state index contributed by atoms with van der Waals surface area (Å²) in [6.07, 6.45) is -1.08. The molecule has 0 unspecified atom stereocenters. The molecule has 0 fully saturated rings. The van der Waals surface area contributed by atoms with Crippen LogP contribution in [0.3, 0.4) is 0 Å². The maximum absolute atomic E-state index is 12.3. The lowest BCUT2D eigenvalue weighted by molar-refractivity contribution is 0.0794. The lowest BCUT2D eigenvalue weighted by atomic mass is 10.2. The number of H-pyrrole nitrogens is 1. The number of anilines is 1. The van der Waals surface area contributed by atoms with E-state index < -0.39 is 18.9 Å². The van der Waals surface area contributed by atoms with E-state index in [9.17, 15) is 13.6 Å². The first kappa shape index (κ1) is 14.9. The van der Waals surface area contributed by atoms with Crippen LogP contribution in [0.25, 0.3) is 11.0 Å². The average Bonchev–Trinajstić information content (AvgIpc) is 3.03. The fraction of sp³-hybridized carbons (Fsp3) is 0.133. The van der Waals surface area contributed by atoms with Crippen molar-refractivity contribution in [1.82, 2.24) is 15.0 Å². The van der Waals surface area contributed by atoms with Crippen molar-refractivity contribution in [3.05, 3.63) is 48.4 Å². The number of aromatic amines is 1. The number of hydrogen-bond donors (Lipinski definition) is 2. The highest BCUT2D eigenvalue weighted by molar-refractivity contribution is 6.06. The number of rotatable bonds is 5. The molecule has 2 aromatic heterocycles. The average molecular weight is 318 g/mol. The summed E-state index contributed by atoms with van der Waals surface area (Å²) < 4.78 is 29.1. The van der Waals surface area contributed by atoms with Gasteiger partial charge in [0.05, 0.1) is 17.5 Å². The van der Waals surface area contributed by atoms with Crippen molar-refractivity contribution >= 4 is 22.6 Å². The Morgan fingerprint density at radius 2 is 2.09 bits per heavy atom. The summed E-state index contributed by atoms with van der Waals surface area (Å²) in [6, 6.07) is 9.69. The Morgan fingerprint density at radius 3 is 2.91 bits per heavy atom. The number of nitrogens with zero attached hydrogens (tertiary/aromatic N) is 2. The Labute approximate surface area is 129 Å². The fourth-order valence-electron chi connectivity index (χ4n) is 2.02. The number of carbonyl (C=O) groups is 1. The number of halogens is 2. The van der Waals surface area contributed by atoms with E-state index in [4.69, 9.17) is 4.74 Å². The second-order valence-electron chi connectivity index (χ2n) is 4.62. The van der Waals surface area contributed by atoms with Gasteiger partial charge in [0.2, 0.25) is 5.88 Å². The molecule has 118 valence electrons. The third-order valence-electron chi connectivity index (χ3n) is 3.01. The number of hydrogen-bond acceptors (Lipinski definition) is 4. The molecule has 0 aliphatic carbocycles.